The predicted octanol–water partition coefficient (Wildman–Crippen LogP) is 3.26. The number of carbonyl (C=O) groups is 2. The highest BCUT2D eigenvalue weighted by molar-refractivity contribution is 7.98. The van der Waals surface area contributed by atoms with Crippen molar-refractivity contribution in [3.63, 3.8) is 0 Å². The summed E-state index contributed by atoms with van der Waals surface area (Å²) >= 11 is 1.38. The maximum atomic E-state index is 13.0. The van der Waals surface area contributed by atoms with E-state index in [-0.39, 0.29) is 30.3 Å². The molecule has 3 rings (SSSR count). The summed E-state index contributed by atoms with van der Waals surface area (Å²) in [6.07, 6.45) is 1.82. The van der Waals surface area contributed by atoms with Gasteiger partial charge in [0.2, 0.25) is 0 Å². The fourth-order valence-electron chi connectivity index (χ4n) is 3.40. The number of likely N-dealkylation sites (tertiary alicyclic amines) is 1. The molecule has 8 heteroatoms. The molecule has 2 aromatic carbocycles. The van der Waals surface area contributed by atoms with Crippen LogP contribution in [0.3, 0.4) is 0 Å². The largest absolute Gasteiger partial charge is 0.481 e. The summed E-state index contributed by atoms with van der Waals surface area (Å²) in [4.78, 5) is 37.6. The van der Waals surface area contributed by atoms with E-state index >= 15 is 0 Å². The van der Waals surface area contributed by atoms with Gasteiger partial charge in [0.15, 0.2) is 0 Å². The molecule has 1 aliphatic rings. The quantitative estimate of drug-likeness (QED) is 0.481. The van der Waals surface area contributed by atoms with Crippen molar-refractivity contribution < 1.29 is 19.6 Å². The Balaban J connectivity index is 1.94. The summed E-state index contributed by atoms with van der Waals surface area (Å²) < 4.78 is 0. The molecule has 27 heavy (non-hydrogen) atoms. The van der Waals surface area contributed by atoms with Gasteiger partial charge >= 0.3 is 5.97 Å². The van der Waals surface area contributed by atoms with Crippen molar-refractivity contribution in [3.8, 4) is 0 Å². The lowest BCUT2D eigenvalue weighted by Crippen LogP contribution is -2.30. The molecular weight excluding hydrogens is 368 g/mol. The zero-order valence-corrected chi connectivity index (χ0v) is 15.4. The topological polar surface area (TPSA) is 101 Å². The van der Waals surface area contributed by atoms with Gasteiger partial charge in [-0.3, -0.25) is 19.7 Å². The van der Waals surface area contributed by atoms with Crippen LogP contribution in [0.2, 0.25) is 0 Å². The van der Waals surface area contributed by atoms with Crippen molar-refractivity contribution in [2.45, 2.75) is 10.8 Å². The van der Waals surface area contributed by atoms with Crippen LogP contribution in [-0.2, 0) is 4.79 Å². The number of thioether (sulfide) groups is 1. The number of nitro groups is 1. The monoisotopic (exact) mass is 386 g/mol. The summed E-state index contributed by atoms with van der Waals surface area (Å²) in [6, 6.07) is 13.6. The molecule has 140 valence electrons. The number of amides is 1. The summed E-state index contributed by atoms with van der Waals surface area (Å²) in [7, 11) is 0. The number of rotatable bonds is 5. The first-order valence-corrected chi connectivity index (χ1v) is 9.54. The minimum atomic E-state index is -0.980. The molecule has 0 aromatic heterocycles. The zero-order chi connectivity index (χ0) is 19.6. The zero-order valence-electron chi connectivity index (χ0n) is 14.6. The van der Waals surface area contributed by atoms with Gasteiger partial charge in [-0.25, -0.2) is 0 Å². The number of carbonyl (C=O) groups excluding carboxylic acids is 1. The van der Waals surface area contributed by atoms with Crippen molar-refractivity contribution in [3.05, 3.63) is 69.8 Å². The molecule has 7 nitrogen and oxygen atoms in total. The highest BCUT2D eigenvalue weighted by Gasteiger charge is 2.41. The van der Waals surface area contributed by atoms with Gasteiger partial charge in [0.1, 0.15) is 5.56 Å². The fourth-order valence-corrected chi connectivity index (χ4v) is 3.84. The Bertz CT molecular complexity index is 887. The second-order valence-corrected chi connectivity index (χ2v) is 7.19. The van der Waals surface area contributed by atoms with Crippen LogP contribution in [0.25, 0.3) is 0 Å². The van der Waals surface area contributed by atoms with E-state index in [1.54, 1.807) is 6.07 Å². The summed E-state index contributed by atoms with van der Waals surface area (Å²) in [5.41, 5.74) is 0.560. The Morgan fingerprint density at radius 1 is 1.19 bits per heavy atom. The van der Waals surface area contributed by atoms with E-state index in [1.807, 2.05) is 36.6 Å². The second kappa shape index (κ2) is 7.79. The van der Waals surface area contributed by atoms with Gasteiger partial charge in [-0.15, -0.1) is 11.8 Å². The second-order valence-electron chi connectivity index (χ2n) is 6.31. The maximum absolute atomic E-state index is 13.0. The molecule has 2 unspecified atom stereocenters. The van der Waals surface area contributed by atoms with Gasteiger partial charge in [-0.05, 0) is 24.0 Å². The number of hydrogen-bond donors (Lipinski definition) is 1. The third-order valence-corrected chi connectivity index (χ3v) is 5.51. The van der Waals surface area contributed by atoms with Gasteiger partial charge in [0, 0.05) is 30.0 Å². The van der Waals surface area contributed by atoms with Crippen LogP contribution >= 0.6 is 11.8 Å². The number of carboxylic acids is 1. The molecule has 1 N–H and O–H groups in total. The lowest BCUT2D eigenvalue weighted by molar-refractivity contribution is -0.385. The summed E-state index contributed by atoms with van der Waals surface area (Å²) in [5.74, 6) is -2.59. The number of carboxylic acid groups (broad SMARTS) is 1. The predicted molar refractivity (Wildman–Crippen MR) is 101 cm³/mol. The van der Waals surface area contributed by atoms with Crippen LogP contribution in [0.5, 0.6) is 0 Å². The normalized spacial score (nSPS) is 19.1. The Kier molecular flexibility index (Phi) is 5.46. The molecular formula is C19H18N2O5S. The van der Waals surface area contributed by atoms with E-state index in [1.165, 1.54) is 28.8 Å². The molecule has 0 saturated carbocycles. The standard InChI is InChI=1S/C19H18N2O5S/c1-27-13-7-8-17(21(25)26)14(9-13)18(22)20-10-15(16(11-20)19(23)24)12-5-3-2-4-6-12/h2-9,15-16H,10-11H2,1H3,(H,23,24). The molecule has 0 radical (unpaired) electrons. The van der Waals surface area contributed by atoms with E-state index in [2.05, 4.69) is 0 Å². The van der Waals surface area contributed by atoms with Gasteiger partial charge in [-0.1, -0.05) is 30.3 Å². The number of nitrogens with zero attached hydrogens (tertiary/aromatic N) is 2. The lowest BCUT2D eigenvalue weighted by atomic mass is 9.89. The SMILES string of the molecule is CSc1ccc([N+](=O)[O-])c(C(=O)N2CC(C(=O)O)C(c3ccccc3)C2)c1. The average Bonchev–Trinajstić information content (AvgIpc) is 3.13. The molecule has 0 spiro atoms. The first kappa shape index (κ1) is 18.9. The van der Waals surface area contributed by atoms with Gasteiger partial charge in [0.25, 0.3) is 11.6 Å². The summed E-state index contributed by atoms with van der Waals surface area (Å²) in [5, 5.41) is 20.9. The number of nitro benzene ring substituents is 1. The van der Waals surface area contributed by atoms with Crippen LogP contribution in [0, 0.1) is 16.0 Å². The maximum Gasteiger partial charge on any atom is 0.308 e. The van der Waals surface area contributed by atoms with Crippen LogP contribution in [0.15, 0.2) is 53.4 Å². The van der Waals surface area contributed by atoms with Gasteiger partial charge in [-0.2, -0.15) is 0 Å². The Hall–Kier alpha value is -2.87. The number of hydrogen-bond acceptors (Lipinski definition) is 5. The molecule has 0 bridgehead atoms. The van der Waals surface area contributed by atoms with Crippen molar-refractivity contribution in [2.75, 3.05) is 19.3 Å². The molecule has 2 aromatic rings. The van der Waals surface area contributed by atoms with E-state index in [9.17, 15) is 24.8 Å². The first-order valence-electron chi connectivity index (χ1n) is 8.31. The molecule has 2 atom stereocenters. The Morgan fingerprint density at radius 3 is 2.48 bits per heavy atom. The highest BCUT2D eigenvalue weighted by Crippen LogP contribution is 2.35. The number of aliphatic carboxylic acids is 1. The average molecular weight is 386 g/mol. The van der Waals surface area contributed by atoms with Crippen LogP contribution in [0.4, 0.5) is 5.69 Å². The molecule has 1 fully saturated rings. The molecule has 1 heterocycles. The minimum absolute atomic E-state index is 0.00954. The van der Waals surface area contributed by atoms with E-state index in [0.717, 1.165) is 10.5 Å². The smallest absolute Gasteiger partial charge is 0.308 e. The van der Waals surface area contributed by atoms with Crippen molar-refractivity contribution in [1.82, 2.24) is 4.90 Å². The van der Waals surface area contributed by atoms with Crippen LogP contribution in [0.1, 0.15) is 21.8 Å². The van der Waals surface area contributed by atoms with E-state index in [0.29, 0.717) is 0 Å². The lowest BCUT2D eigenvalue weighted by Gasteiger charge is -2.17. The third-order valence-electron chi connectivity index (χ3n) is 4.78. The van der Waals surface area contributed by atoms with Crippen LogP contribution < -0.4 is 0 Å². The molecule has 1 aliphatic heterocycles. The molecule has 1 amide bonds. The Labute approximate surface area is 160 Å². The minimum Gasteiger partial charge on any atom is -0.481 e. The molecule has 1 saturated heterocycles. The first-order chi connectivity index (χ1) is 12.9. The van der Waals surface area contributed by atoms with Gasteiger partial charge < -0.3 is 10.0 Å². The third kappa shape index (κ3) is 3.80. The fraction of sp³-hybridized carbons (Fsp3) is 0.263. The highest BCUT2D eigenvalue weighted by atomic mass is 32.2. The van der Waals surface area contributed by atoms with Crippen LogP contribution in [-0.4, -0.2) is 46.2 Å². The van der Waals surface area contributed by atoms with Crippen molar-refractivity contribution >= 4 is 29.3 Å². The number of benzene rings is 2. The molecule has 0 aliphatic carbocycles. The van der Waals surface area contributed by atoms with Crippen molar-refractivity contribution in [1.29, 1.82) is 0 Å². The van der Waals surface area contributed by atoms with Gasteiger partial charge in [0.05, 0.1) is 10.8 Å². The Morgan fingerprint density at radius 2 is 1.89 bits per heavy atom. The van der Waals surface area contributed by atoms with Crippen molar-refractivity contribution in [2.24, 2.45) is 5.92 Å². The van der Waals surface area contributed by atoms with E-state index in [4.69, 9.17) is 0 Å². The van der Waals surface area contributed by atoms with E-state index < -0.39 is 22.7 Å². The summed E-state index contributed by atoms with van der Waals surface area (Å²) in [6.45, 7) is 0.231.